The number of ether oxygens (including phenoxy) is 2. The van der Waals surface area contributed by atoms with E-state index in [2.05, 4.69) is 10.2 Å². The summed E-state index contributed by atoms with van der Waals surface area (Å²) in [5.41, 5.74) is 0.732. The minimum absolute atomic E-state index is 0.0236. The monoisotopic (exact) mass is 428 g/mol. The van der Waals surface area contributed by atoms with Crippen LogP contribution in [-0.4, -0.2) is 86.0 Å². The van der Waals surface area contributed by atoms with Crippen LogP contribution in [0, 0.1) is 5.92 Å². The van der Waals surface area contributed by atoms with Gasteiger partial charge in [0.05, 0.1) is 12.5 Å². The van der Waals surface area contributed by atoms with Crippen LogP contribution in [0.4, 0.5) is 5.69 Å². The van der Waals surface area contributed by atoms with Crippen LogP contribution in [0.25, 0.3) is 0 Å². The Morgan fingerprint density at radius 3 is 2.52 bits per heavy atom. The number of carbonyl (C=O) groups excluding carboxylic acids is 3. The maximum atomic E-state index is 13.0. The maximum absolute atomic E-state index is 13.0. The van der Waals surface area contributed by atoms with Gasteiger partial charge in [0.25, 0.3) is 0 Å². The number of amides is 3. The molecule has 1 unspecified atom stereocenters. The van der Waals surface area contributed by atoms with E-state index < -0.39 is 0 Å². The molecule has 3 fully saturated rings. The van der Waals surface area contributed by atoms with Crippen molar-refractivity contribution in [3.63, 3.8) is 0 Å². The zero-order valence-electron chi connectivity index (χ0n) is 17.5. The molecular formula is C22H28N4O5. The van der Waals surface area contributed by atoms with Crippen LogP contribution in [0.2, 0.25) is 0 Å². The van der Waals surface area contributed by atoms with Gasteiger partial charge in [-0.05, 0) is 25.0 Å². The molecule has 3 heterocycles. The van der Waals surface area contributed by atoms with Crippen molar-refractivity contribution in [1.29, 1.82) is 0 Å². The van der Waals surface area contributed by atoms with Gasteiger partial charge in [-0.25, -0.2) is 0 Å². The average molecular weight is 428 g/mol. The predicted molar refractivity (Wildman–Crippen MR) is 112 cm³/mol. The Hall–Kier alpha value is -2.81. The highest BCUT2D eigenvalue weighted by atomic mass is 16.6. The lowest BCUT2D eigenvalue weighted by Gasteiger charge is -2.35. The molecule has 3 aliphatic heterocycles. The van der Waals surface area contributed by atoms with E-state index >= 15 is 0 Å². The van der Waals surface area contributed by atoms with Crippen molar-refractivity contribution in [3.05, 3.63) is 18.2 Å². The molecule has 1 aliphatic carbocycles. The summed E-state index contributed by atoms with van der Waals surface area (Å²) in [6.07, 6.45) is 2.38. The highest BCUT2D eigenvalue weighted by molar-refractivity contribution is 6.00. The molecule has 31 heavy (non-hydrogen) atoms. The fourth-order valence-electron chi connectivity index (χ4n) is 4.41. The number of hydrogen-bond acceptors (Lipinski definition) is 6. The summed E-state index contributed by atoms with van der Waals surface area (Å²) < 4.78 is 11.2. The molecule has 1 aromatic carbocycles. The lowest BCUT2D eigenvalue weighted by molar-refractivity contribution is -0.137. The first kappa shape index (κ1) is 20.1. The zero-order valence-corrected chi connectivity index (χ0v) is 17.5. The number of nitrogens with zero attached hydrogens (tertiary/aromatic N) is 3. The summed E-state index contributed by atoms with van der Waals surface area (Å²) in [5.74, 6) is 1.01. The molecule has 5 rings (SSSR count). The second kappa shape index (κ2) is 8.37. The number of benzene rings is 1. The number of piperazine rings is 1. The zero-order chi connectivity index (χ0) is 21.4. The molecule has 9 heteroatoms. The molecule has 2 saturated heterocycles. The second-order valence-electron chi connectivity index (χ2n) is 8.68. The molecule has 0 bridgehead atoms. The van der Waals surface area contributed by atoms with Gasteiger partial charge in [0, 0.05) is 56.9 Å². The third kappa shape index (κ3) is 4.46. The average Bonchev–Trinajstić information content (AvgIpc) is 3.51. The third-order valence-electron chi connectivity index (χ3n) is 6.31. The van der Waals surface area contributed by atoms with E-state index in [0.29, 0.717) is 70.0 Å². The quantitative estimate of drug-likeness (QED) is 0.722. The summed E-state index contributed by atoms with van der Waals surface area (Å²) >= 11 is 0. The molecule has 1 aromatic rings. The summed E-state index contributed by atoms with van der Waals surface area (Å²) in [6, 6.07) is 5.83. The minimum Gasteiger partial charge on any atom is -0.486 e. The first-order valence-electron chi connectivity index (χ1n) is 11.1. The SMILES string of the molecule is O=C(CN1CCN(C(=O)C2CC(=O)N(c3ccc4c(c3)OCCO4)C2)CC1)NC1CC1. The van der Waals surface area contributed by atoms with Crippen LogP contribution < -0.4 is 19.7 Å². The fraction of sp³-hybridized carbons (Fsp3) is 0.591. The van der Waals surface area contributed by atoms with Crippen molar-refractivity contribution in [2.75, 3.05) is 57.4 Å². The van der Waals surface area contributed by atoms with Gasteiger partial charge in [0.2, 0.25) is 17.7 Å². The Bertz CT molecular complexity index is 879. The van der Waals surface area contributed by atoms with Gasteiger partial charge in [-0.1, -0.05) is 0 Å². The van der Waals surface area contributed by atoms with Crippen LogP contribution in [0.15, 0.2) is 18.2 Å². The van der Waals surface area contributed by atoms with E-state index in [1.807, 2.05) is 23.1 Å². The van der Waals surface area contributed by atoms with Crippen molar-refractivity contribution < 1.29 is 23.9 Å². The number of anilines is 1. The molecule has 0 spiro atoms. The van der Waals surface area contributed by atoms with Gasteiger partial charge >= 0.3 is 0 Å². The van der Waals surface area contributed by atoms with Crippen molar-refractivity contribution in [2.24, 2.45) is 5.92 Å². The van der Waals surface area contributed by atoms with Crippen molar-refractivity contribution in [2.45, 2.75) is 25.3 Å². The maximum Gasteiger partial charge on any atom is 0.234 e. The van der Waals surface area contributed by atoms with E-state index in [0.717, 1.165) is 18.5 Å². The number of nitrogens with one attached hydrogen (secondary N) is 1. The number of rotatable bonds is 5. The molecule has 166 valence electrons. The van der Waals surface area contributed by atoms with Crippen LogP contribution in [0.3, 0.4) is 0 Å². The van der Waals surface area contributed by atoms with E-state index in [1.54, 1.807) is 4.90 Å². The molecular weight excluding hydrogens is 400 g/mol. The van der Waals surface area contributed by atoms with Crippen molar-refractivity contribution in [3.8, 4) is 11.5 Å². The Morgan fingerprint density at radius 2 is 1.77 bits per heavy atom. The van der Waals surface area contributed by atoms with Crippen LogP contribution in [-0.2, 0) is 14.4 Å². The standard InChI is InChI=1S/C22H28N4O5/c27-20(23-16-1-2-16)14-24-5-7-25(8-6-24)22(29)15-11-21(28)26(13-15)17-3-4-18-19(12-17)31-10-9-30-18/h3-4,12,15-16H,1-2,5-11,13-14H2,(H,23,27). The van der Waals surface area contributed by atoms with E-state index in [-0.39, 0.29) is 30.1 Å². The number of fused-ring (bicyclic) bond motifs is 1. The smallest absolute Gasteiger partial charge is 0.234 e. The Labute approximate surface area is 181 Å². The van der Waals surface area contributed by atoms with Gasteiger partial charge in [0.1, 0.15) is 13.2 Å². The normalized spacial score (nSPS) is 23.7. The van der Waals surface area contributed by atoms with Gasteiger partial charge in [-0.15, -0.1) is 0 Å². The molecule has 0 aromatic heterocycles. The molecule has 1 N–H and O–H groups in total. The van der Waals surface area contributed by atoms with Gasteiger partial charge in [0.15, 0.2) is 11.5 Å². The Morgan fingerprint density at radius 1 is 1.03 bits per heavy atom. The largest absolute Gasteiger partial charge is 0.486 e. The fourth-order valence-corrected chi connectivity index (χ4v) is 4.41. The molecule has 9 nitrogen and oxygen atoms in total. The molecule has 3 amide bonds. The van der Waals surface area contributed by atoms with Crippen LogP contribution in [0.5, 0.6) is 11.5 Å². The minimum atomic E-state index is -0.342. The lowest BCUT2D eigenvalue weighted by Crippen LogP contribution is -2.52. The Kier molecular flexibility index (Phi) is 5.43. The van der Waals surface area contributed by atoms with Crippen LogP contribution in [0.1, 0.15) is 19.3 Å². The van der Waals surface area contributed by atoms with Gasteiger partial charge < -0.3 is 24.6 Å². The number of hydrogen-bond donors (Lipinski definition) is 1. The van der Waals surface area contributed by atoms with Crippen molar-refractivity contribution >= 4 is 23.4 Å². The summed E-state index contributed by atoms with van der Waals surface area (Å²) in [5, 5.41) is 3.00. The summed E-state index contributed by atoms with van der Waals surface area (Å²) in [7, 11) is 0. The first-order valence-corrected chi connectivity index (χ1v) is 11.1. The van der Waals surface area contributed by atoms with E-state index in [4.69, 9.17) is 9.47 Å². The highest BCUT2D eigenvalue weighted by Crippen LogP contribution is 2.36. The Balaban J connectivity index is 1.15. The molecule has 1 saturated carbocycles. The lowest BCUT2D eigenvalue weighted by atomic mass is 10.1. The molecule has 4 aliphatic rings. The second-order valence-corrected chi connectivity index (χ2v) is 8.68. The van der Waals surface area contributed by atoms with Gasteiger partial charge in [-0.3, -0.25) is 19.3 Å². The van der Waals surface area contributed by atoms with Crippen molar-refractivity contribution in [1.82, 2.24) is 15.1 Å². The predicted octanol–water partition coefficient (Wildman–Crippen LogP) is 0.234. The first-order chi connectivity index (χ1) is 15.1. The third-order valence-corrected chi connectivity index (χ3v) is 6.31. The molecule has 1 atom stereocenters. The summed E-state index contributed by atoms with van der Waals surface area (Å²) in [4.78, 5) is 43.3. The van der Waals surface area contributed by atoms with E-state index in [1.165, 1.54) is 0 Å². The van der Waals surface area contributed by atoms with Gasteiger partial charge in [-0.2, -0.15) is 0 Å². The van der Waals surface area contributed by atoms with E-state index in [9.17, 15) is 14.4 Å². The number of carbonyl (C=O) groups is 3. The van der Waals surface area contributed by atoms with Crippen LogP contribution >= 0.6 is 0 Å². The highest BCUT2D eigenvalue weighted by Gasteiger charge is 2.38. The topological polar surface area (TPSA) is 91.4 Å². The summed E-state index contributed by atoms with van der Waals surface area (Å²) in [6.45, 7) is 4.30. The molecule has 0 radical (unpaired) electrons.